The van der Waals surface area contributed by atoms with Crippen LogP contribution in [0.2, 0.25) is 0 Å². The number of carbonyl (C=O) groups is 2. The van der Waals surface area contributed by atoms with E-state index in [1.54, 1.807) is 0 Å². The molecular formula is C13H24N2O3. The Hall–Kier alpha value is -1.10. The van der Waals surface area contributed by atoms with Gasteiger partial charge in [0.25, 0.3) is 0 Å². The number of rotatable bonds is 8. The van der Waals surface area contributed by atoms with E-state index in [4.69, 9.17) is 0 Å². The number of carbonyl (C=O) groups excluding carboxylic acids is 2. The van der Waals surface area contributed by atoms with Gasteiger partial charge in [0, 0.05) is 19.5 Å². The molecule has 5 heteroatoms. The van der Waals surface area contributed by atoms with Gasteiger partial charge in [-0.15, -0.1) is 0 Å². The molecule has 0 bridgehead atoms. The Morgan fingerprint density at radius 1 is 1.28 bits per heavy atom. The van der Waals surface area contributed by atoms with Gasteiger partial charge in [-0.3, -0.25) is 9.59 Å². The molecule has 1 fully saturated rings. The third-order valence-corrected chi connectivity index (χ3v) is 3.27. The molecule has 1 amide bonds. The van der Waals surface area contributed by atoms with E-state index in [1.807, 2.05) is 0 Å². The topological polar surface area (TPSA) is 67.4 Å². The minimum atomic E-state index is -0.142. The van der Waals surface area contributed by atoms with Crippen molar-refractivity contribution in [3.63, 3.8) is 0 Å². The molecule has 0 aromatic heterocycles. The third kappa shape index (κ3) is 6.00. The zero-order chi connectivity index (χ0) is 13.2. The number of ether oxygens (including phenoxy) is 1. The molecule has 1 unspecified atom stereocenters. The molecular weight excluding hydrogens is 232 g/mol. The Labute approximate surface area is 109 Å². The summed E-state index contributed by atoms with van der Waals surface area (Å²) < 4.78 is 4.56. The average molecular weight is 256 g/mol. The highest BCUT2D eigenvalue weighted by molar-refractivity contribution is 5.79. The number of unbranched alkanes of at least 4 members (excludes halogenated alkanes) is 3. The van der Waals surface area contributed by atoms with Gasteiger partial charge in [-0.05, 0) is 25.8 Å². The van der Waals surface area contributed by atoms with Gasteiger partial charge in [0.05, 0.1) is 13.0 Å². The van der Waals surface area contributed by atoms with Crippen molar-refractivity contribution in [1.82, 2.24) is 10.6 Å². The fourth-order valence-electron chi connectivity index (χ4n) is 2.08. The van der Waals surface area contributed by atoms with Crippen LogP contribution < -0.4 is 10.6 Å². The van der Waals surface area contributed by atoms with Crippen LogP contribution in [-0.4, -0.2) is 38.6 Å². The predicted octanol–water partition coefficient (Wildman–Crippen LogP) is 0.836. The van der Waals surface area contributed by atoms with Gasteiger partial charge < -0.3 is 15.4 Å². The summed E-state index contributed by atoms with van der Waals surface area (Å²) in [4.78, 5) is 22.5. The van der Waals surface area contributed by atoms with Crippen molar-refractivity contribution in [2.24, 2.45) is 5.92 Å². The highest BCUT2D eigenvalue weighted by Gasteiger charge is 2.21. The van der Waals surface area contributed by atoms with Crippen LogP contribution in [0.3, 0.4) is 0 Å². The molecule has 1 aliphatic heterocycles. The molecule has 0 saturated carbocycles. The number of amides is 1. The Balaban J connectivity index is 1.89. The first kappa shape index (κ1) is 15.0. The summed E-state index contributed by atoms with van der Waals surface area (Å²) in [5, 5.41) is 6.15. The van der Waals surface area contributed by atoms with Gasteiger partial charge in [0.2, 0.25) is 5.91 Å². The molecule has 0 spiro atoms. The largest absolute Gasteiger partial charge is 0.469 e. The first-order chi connectivity index (χ1) is 8.74. The Kier molecular flexibility index (Phi) is 7.41. The quantitative estimate of drug-likeness (QED) is 0.499. The number of nitrogens with one attached hydrogen (secondary N) is 2. The lowest BCUT2D eigenvalue weighted by Gasteiger charge is -2.09. The number of hydrogen-bond acceptors (Lipinski definition) is 4. The second-order valence-corrected chi connectivity index (χ2v) is 4.72. The molecule has 0 radical (unpaired) electrons. The molecule has 1 rings (SSSR count). The van der Waals surface area contributed by atoms with Gasteiger partial charge in [0.1, 0.15) is 0 Å². The van der Waals surface area contributed by atoms with Crippen molar-refractivity contribution in [2.75, 3.05) is 26.7 Å². The highest BCUT2D eigenvalue weighted by atomic mass is 16.5. The van der Waals surface area contributed by atoms with E-state index >= 15 is 0 Å². The summed E-state index contributed by atoms with van der Waals surface area (Å²) >= 11 is 0. The van der Waals surface area contributed by atoms with E-state index in [-0.39, 0.29) is 17.8 Å². The molecule has 1 aliphatic rings. The number of hydrogen-bond donors (Lipinski definition) is 2. The van der Waals surface area contributed by atoms with E-state index in [9.17, 15) is 9.59 Å². The van der Waals surface area contributed by atoms with Crippen LogP contribution >= 0.6 is 0 Å². The van der Waals surface area contributed by atoms with Crippen LogP contribution in [0.15, 0.2) is 0 Å². The smallest absolute Gasteiger partial charge is 0.305 e. The average Bonchev–Trinajstić information content (AvgIpc) is 2.91. The van der Waals surface area contributed by atoms with Crippen LogP contribution in [0.1, 0.15) is 38.5 Å². The lowest BCUT2D eigenvalue weighted by Crippen LogP contribution is -2.32. The summed E-state index contributed by atoms with van der Waals surface area (Å²) in [5.41, 5.74) is 0. The highest BCUT2D eigenvalue weighted by Crippen LogP contribution is 2.07. The van der Waals surface area contributed by atoms with Crippen LogP contribution in [0.5, 0.6) is 0 Å². The van der Waals surface area contributed by atoms with Gasteiger partial charge in [0.15, 0.2) is 0 Å². The maximum absolute atomic E-state index is 11.7. The molecule has 1 atom stereocenters. The molecule has 5 nitrogen and oxygen atoms in total. The Morgan fingerprint density at radius 3 is 2.72 bits per heavy atom. The zero-order valence-electron chi connectivity index (χ0n) is 11.2. The second-order valence-electron chi connectivity index (χ2n) is 4.72. The monoisotopic (exact) mass is 256 g/mol. The van der Waals surface area contributed by atoms with Gasteiger partial charge in [-0.25, -0.2) is 0 Å². The molecule has 0 aromatic carbocycles. The fraction of sp³-hybridized carbons (Fsp3) is 0.846. The number of methoxy groups -OCH3 is 1. The second kappa shape index (κ2) is 8.91. The van der Waals surface area contributed by atoms with Crippen molar-refractivity contribution >= 4 is 11.9 Å². The molecule has 0 aliphatic carbocycles. The summed E-state index contributed by atoms with van der Waals surface area (Å²) in [6, 6.07) is 0. The van der Waals surface area contributed by atoms with Crippen LogP contribution in [0, 0.1) is 5.92 Å². The van der Waals surface area contributed by atoms with Crippen LogP contribution in [0.4, 0.5) is 0 Å². The van der Waals surface area contributed by atoms with E-state index in [0.717, 1.165) is 51.7 Å². The van der Waals surface area contributed by atoms with Crippen molar-refractivity contribution in [3.05, 3.63) is 0 Å². The van der Waals surface area contributed by atoms with Crippen molar-refractivity contribution in [3.8, 4) is 0 Å². The van der Waals surface area contributed by atoms with Gasteiger partial charge in [-0.2, -0.15) is 0 Å². The van der Waals surface area contributed by atoms with Gasteiger partial charge in [-0.1, -0.05) is 12.8 Å². The van der Waals surface area contributed by atoms with Crippen molar-refractivity contribution in [1.29, 1.82) is 0 Å². The zero-order valence-corrected chi connectivity index (χ0v) is 11.2. The summed E-state index contributed by atoms with van der Waals surface area (Å²) in [5.74, 6) is 0.191. The fourth-order valence-corrected chi connectivity index (χ4v) is 2.08. The predicted molar refractivity (Wildman–Crippen MR) is 69.1 cm³/mol. The first-order valence-electron chi connectivity index (χ1n) is 6.79. The third-order valence-electron chi connectivity index (χ3n) is 3.27. The Bertz CT molecular complexity index is 263. The van der Waals surface area contributed by atoms with Gasteiger partial charge >= 0.3 is 5.97 Å². The minimum Gasteiger partial charge on any atom is -0.469 e. The standard InChI is InChI=1S/C13H24N2O3/c1-18-12(16)6-4-2-3-5-8-15-13(17)11-7-9-14-10-11/h11,14H,2-10H2,1H3,(H,15,17). The molecule has 18 heavy (non-hydrogen) atoms. The van der Waals surface area contributed by atoms with Crippen LogP contribution in [-0.2, 0) is 14.3 Å². The van der Waals surface area contributed by atoms with E-state index < -0.39 is 0 Å². The van der Waals surface area contributed by atoms with E-state index in [0.29, 0.717) is 6.42 Å². The first-order valence-corrected chi connectivity index (χ1v) is 6.79. The SMILES string of the molecule is COC(=O)CCCCCCNC(=O)C1CCNC1. The number of esters is 1. The molecule has 104 valence electrons. The summed E-state index contributed by atoms with van der Waals surface area (Å²) in [7, 11) is 1.41. The van der Waals surface area contributed by atoms with Crippen molar-refractivity contribution < 1.29 is 14.3 Å². The van der Waals surface area contributed by atoms with E-state index in [1.165, 1.54) is 7.11 Å². The molecule has 1 saturated heterocycles. The van der Waals surface area contributed by atoms with Crippen molar-refractivity contribution in [2.45, 2.75) is 38.5 Å². The van der Waals surface area contributed by atoms with Crippen LogP contribution in [0.25, 0.3) is 0 Å². The lowest BCUT2D eigenvalue weighted by molar-refractivity contribution is -0.140. The maximum atomic E-state index is 11.7. The molecule has 0 aromatic rings. The molecule has 2 N–H and O–H groups in total. The molecule has 1 heterocycles. The summed E-state index contributed by atoms with van der Waals surface area (Å²) in [6.07, 6.45) is 5.35. The normalized spacial score (nSPS) is 18.6. The lowest BCUT2D eigenvalue weighted by atomic mass is 10.1. The van der Waals surface area contributed by atoms with E-state index in [2.05, 4.69) is 15.4 Å². The Morgan fingerprint density at radius 2 is 2.06 bits per heavy atom. The minimum absolute atomic E-state index is 0.142. The summed E-state index contributed by atoms with van der Waals surface area (Å²) in [6.45, 7) is 2.50. The maximum Gasteiger partial charge on any atom is 0.305 e.